The maximum Gasteiger partial charge on any atom is 0.472 e. The largest absolute Gasteiger partial charge is 0.472 e. The Morgan fingerprint density at radius 1 is 0.630 bits per heavy atom. The van der Waals surface area contributed by atoms with Crippen LogP contribution in [0, 0.1) is 0 Å². The van der Waals surface area contributed by atoms with Crippen LogP contribution in [0.15, 0.2) is 60.8 Å². The Hall–Kier alpha value is -1.80. The van der Waals surface area contributed by atoms with Gasteiger partial charge in [0.25, 0.3) is 0 Å². The van der Waals surface area contributed by atoms with Crippen molar-refractivity contribution in [3.63, 3.8) is 0 Å². The van der Waals surface area contributed by atoms with E-state index in [-0.39, 0.29) is 19.1 Å². The van der Waals surface area contributed by atoms with E-state index < -0.39 is 20.0 Å². The van der Waals surface area contributed by atoms with Gasteiger partial charge in [0.05, 0.1) is 39.9 Å². The normalized spacial score (nSPS) is 15.0. The van der Waals surface area contributed by atoms with E-state index in [9.17, 15) is 19.4 Å². The molecule has 0 bridgehead atoms. The molecule has 54 heavy (non-hydrogen) atoms. The molecule has 0 heterocycles. The highest BCUT2D eigenvalue weighted by molar-refractivity contribution is 7.47. The van der Waals surface area contributed by atoms with Crippen molar-refractivity contribution in [1.29, 1.82) is 0 Å². The average Bonchev–Trinajstić information content (AvgIpc) is 3.12. The summed E-state index contributed by atoms with van der Waals surface area (Å²) in [4.78, 5) is 23.1. The summed E-state index contributed by atoms with van der Waals surface area (Å²) in [6.45, 7) is 4.72. The number of amides is 1. The molecular weight excluding hydrogens is 695 g/mol. The fraction of sp³-hybridized carbons (Fsp3) is 0.756. The van der Waals surface area contributed by atoms with Gasteiger partial charge < -0.3 is 19.8 Å². The molecule has 9 heteroatoms. The van der Waals surface area contributed by atoms with Crippen LogP contribution in [-0.4, -0.2) is 73.4 Å². The number of carbonyl (C=O) groups excluding carboxylic acids is 1. The number of rotatable bonds is 38. The zero-order chi connectivity index (χ0) is 40.0. The highest BCUT2D eigenvalue weighted by Gasteiger charge is 2.27. The van der Waals surface area contributed by atoms with Crippen LogP contribution in [0.5, 0.6) is 0 Å². The molecule has 0 saturated heterocycles. The van der Waals surface area contributed by atoms with Crippen molar-refractivity contribution in [3.05, 3.63) is 60.8 Å². The summed E-state index contributed by atoms with van der Waals surface area (Å²) in [5, 5.41) is 13.8. The van der Waals surface area contributed by atoms with Gasteiger partial charge in [0.2, 0.25) is 5.91 Å². The molecule has 0 spiro atoms. The zero-order valence-corrected chi connectivity index (χ0v) is 36.3. The number of carbonyl (C=O) groups is 1. The Labute approximate surface area is 332 Å². The average molecular weight is 780 g/mol. The number of hydrogen-bond donors (Lipinski definition) is 3. The van der Waals surface area contributed by atoms with Crippen molar-refractivity contribution >= 4 is 13.7 Å². The van der Waals surface area contributed by atoms with Crippen LogP contribution < -0.4 is 5.32 Å². The monoisotopic (exact) mass is 780 g/mol. The molecule has 0 aromatic heterocycles. The minimum absolute atomic E-state index is 0.0494. The maximum absolute atomic E-state index is 12.8. The van der Waals surface area contributed by atoms with Crippen molar-refractivity contribution in [3.8, 4) is 0 Å². The second kappa shape index (κ2) is 36.8. The Bertz CT molecular complexity index is 1060. The van der Waals surface area contributed by atoms with Gasteiger partial charge >= 0.3 is 7.82 Å². The van der Waals surface area contributed by atoms with Gasteiger partial charge in [-0.25, -0.2) is 4.57 Å². The lowest BCUT2D eigenvalue weighted by Crippen LogP contribution is -2.45. The number of unbranched alkanes of at least 4 members (excludes halogenated alkanes) is 17. The molecule has 0 aliphatic carbocycles. The van der Waals surface area contributed by atoms with E-state index in [1.165, 1.54) is 83.5 Å². The Kier molecular flexibility index (Phi) is 35.6. The molecule has 3 N–H and O–H groups in total. The second-order valence-electron chi connectivity index (χ2n) is 15.7. The molecule has 314 valence electrons. The smallest absolute Gasteiger partial charge is 0.387 e. The van der Waals surface area contributed by atoms with E-state index >= 15 is 0 Å². The van der Waals surface area contributed by atoms with E-state index in [2.05, 4.69) is 67.8 Å². The van der Waals surface area contributed by atoms with Crippen LogP contribution in [0.3, 0.4) is 0 Å². The number of phosphoric ester groups is 1. The van der Waals surface area contributed by atoms with Crippen molar-refractivity contribution in [2.24, 2.45) is 0 Å². The third-order valence-corrected chi connectivity index (χ3v) is 10.2. The van der Waals surface area contributed by atoms with E-state index in [0.717, 1.165) is 64.2 Å². The molecule has 0 fully saturated rings. The van der Waals surface area contributed by atoms with Gasteiger partial charge in [-0.15, -0.1) is 0 Å². The SMILES string of the molecule is CCCCCC/C=C\C/C=C\CCCCCCCCCC(=O)NC(COP(=O)(O)OCC[N+](C)(C)C)C(O)/C=C/CC/C=C/CC/C=C/CCCCCC. The van der Waals surface area contributed by atoms with Gasteiger partial charge in [0.1, 0.15) is 13.2 Å². The molecule has 1 amide bonds. The highest BCUT2D eigenvalue weighted by atomic mass is 31.2. The number of allylic oxidation sites excluding steroid dienone is 9. The first-order chi connectivity index (χ1) is 26.0. The highest BCUT2D eigenvalue weighted by Crippen LogP contribution is 2.43. The Balaban J connectivity index is 4.52. The molecule has 0 saturated carbocycles. The van der Waals surface area contributed by atoms with Crippen molar-refractivity contribution in [1.82, 2.24) is 5.32 Å². The van der Waals surface area contributed by atoms with Crippen molar-refractivity contribution < 1.29 is 32.9 Å². The summed E-state index contributed by atoms with van der Waals surface area (Å²) < 4.78 is 23.5. The van der Waals surface area contributed by atoms with E-state index in [4.69, 9.17) is 9.05 Å². The fourth-order valence-corrected chi connectivity index (χ4v) is 6.42. The summed E-state index contributed by atoms with van der Waals surface area (Å²) >= 11 is 0. The standard InChI is InChI=1S/C45H83N2O6P/c1-6-8-10-12-14-16-18-20-22-23-24-25-27-29-31-33-35-37-39-45(49)46-43(42-53-54(50,51)52-41-40-47(3,4)5)44(48)38-36-34-32-30-28-26-21-19-17-15-13-11-9-7-2/h16-19,22-23,28,30,36,38,43-44,48H,6-15,20-21,24-27,29,31-35,37,39-42H2,1-5H3,(H-,46,49,50,51)/p+1/b18-16-,19-17+,23-22-,30-28+,38-36+. The summed E-state index contributed by atoms with van der Waals surface area (Å²) in [6, 6.07) is -0.874. The fourth-order valence-electron chi connectivity index (χ4n) is 5.69. The minimum Gasteiger partial charge on any atom is -0.387 e. The number of aliphatic hydroxyl groups is 1. The quantitative estimate of drug-likeness (QED) is 0.0249. The van der Waals surface area contributed by atoms with Gasteiger partial charge in [-0.2, -0.15) is 0 Å². The van der Waals surface area contributed by atoms with Crippen LogP contribution in [0.1, 0.15) is 168 Å². The number of hydrogen-bond acceptors (Lipinski definition) is 5. The first-order valence-corrected chi connectivity index (χ1v) is 23.2. The molecular formula is C45H84N2O6P+. The van der Waals surface area contributed by atoms with Crippen LogP contribution in [0.25, 0.3) is 0 Å². The molecule has 0 aliphatic rings. The van der Waals surface area contributed by atoms with Gasteiger partial charge in [0, 0.05) is 6.42 Å². The second-order valence-corrected chi connectivity index (χ2v) is 17.1. The Morgan fingerprint density at radius 2 is 1.07 bits per heavy atom. The Morgan fingerprint density at radius 3 is 1.59 bits per heavy atom. The summed E-state index contributed by atoms with van der Waals surface area (Å²) in [7, 11) is 1.53. The number of nitrogens with one attached hydrogen (secondary N) is 1. The first kappa shape index (κ1) is 52.2. The lowest BCUT2D eigenvalue weighted by molar-refractivity contribution is -0.870. The molecule has 0 aromatic rings. The van der Waals surface area contributed by atoms with Crippen LogP contribution in [0.2, 0.25) is 0 Å². The van der Waals surface area contributed by atoms with E-state index in [0.29, 0.717) is 17.4 Å². The summed E-state index contributed by atoms with van der Waals surface area (Å²) in [5.41, 5.74) is 0. The van der Waals surface area contributed by atoms with Crippen LogP contribution in [-0.2, 0) is 18.4 Å². The van der Waals surface area contributed by atoms with E-state index in [1.54, 1.807) is 6.08 Å². The van der Waals surface area contributed by atoms with Crippen molar-refractivity contribution in [2.75, 3.05) is 40.9 Å². The first-order valence-electron chi connectivity index (χ1n) is 21.7. The predicted octanol–water partition coefficient (Wildman–Crippen LogP) is 11.9. The molecule has 0 rings (SSSR count). The van der Waals surface area contributed by atoms with Crippen molar-refractivity contribution in [2.45, 2.75) is 180 Å². The summed E-state index contributed by atoms with van der Waals surface area (Å²) in [6.07, 6.45) is 47.1. The lowest BCUT2D eigenvalue weighted by atomic mass is 10.1. The molecule has 0 radical (unpaired) electrons. The third kappa shape index (κ3) is 38.5. The molecule has 0 aliphatic heterocycles. The number of likely N-dealkylation sites (N-methyl/N-ethyl adjacent to an activating group) is 1. The van der Waals surface area contributed by atoms with Crippen LogP contribution >= 0.6 is 7.82 Å². The maximum atomic E-state index is 12.8. The molecule has 0 aromatic carbocycles. The number of phosphoric acid groups is 1. The molecule has 8 nitrogen and oxygen atoms in total. The van der Waals surface area contributed by atoms with Gasteiger partial charge in [-0.05, 0) is 77.0 Å². The molecule has 3 atom stereocenters. The third-order valence-electron chi connectivity index (χ3n) is 9.19. The van der Waals surface area contributed by atoms with Gasteiger partial charge in [0.15, 0.2) is 0 Å². The molecule has 3 unspecified atom stereocenters. The summed E-state index contributed by atoms with van der Waals surface area (Å²) in [5.74, 6) is -0.203. The topological polar surface area (TPSA) is 105 Å². The van der Waals surface area contributed by atoms with E-state index in [1.807, 2.05) is 27.2 Å². The van der Waals surface area contributed by atoms with Gasteiger partial charge in [-0.3, -0.25) is 13.8 Å². The number of quaternary nitrogens is 1. The minimum atomic E-state index is -4.35. The predicted molar refractivity (Wildman–Crippen MR) is 230 cm³/mol. The number of nitrogens with zero attached hydrogens (tertiary/aromatic N) is 1. The lowest BCUT2D eigenvalue weighted by Gasteiger charge is -2.25. The number of aliphatic hydroxyl groups excluding tert-OH is 1. The van der Waals surface area contributed by atoms with Gasteiger partial charge in [-0.1, -0.05) is 145 Å². The van der Waals surface area contributed by atoms with Crippen LogP contribution in [0.4, 0.5) is 0 Å². The zero-order valence-electron chi connectivity index (χ0n) is 35.4.